The van der Waals surface area contributed by atoms with Gasteiger partial charge in [0.25, 0.3) is 0 Å². The molecule has 8 aliphatic carbocycles. The Hall–Kier alpha value is -10.5. The van der Waals surface area contributed by atoms with Gasteiger partial charge in [0.05, 0.1) is 15.6 Å². The van der Waals surface area contributed by atoms with Crippen LogP contribution in [-0.4, -0.2) is 101 Å². The van der Waals surface area contributed by atoms with E-state index in [9.17, 15) is 40.5 Å². The van der Waals surface area contributed by atoms with Gasteiger partial charge in [-0.25, -0.2) is 0 Å². The first kappa shape index (κ1) is 69.5. The minimum atomic E-state index is -2.16. The van der Waals surface area contributed by atoms with Crippen LogP contribution < -0.4 is 62.5 Å². The highest BCUT2D eigenvalue weighted by molar-refractivity contribution is 6.32. The van der Waals surface area contributed by atoms with Gasteiger partial charge in [0.15, 0.2) is 23.0 Å². The number of nitrogens with two attached hydrogens (primary N) is 1. The van der Waals surface area contributed by atoms with Crippen molar-refractivity contribution in [3.05, 3.63) is 164 Å². The zero-order chi connectivity index (χ0) is 74.3. The van der Waals surface area contributed by atoms with Crippen LogP contribution in [0.5, 0.6) is 69.0 Å². The number of amides is 7. The zero-order valence-electron chi connectivity index (χ0n) is 57.3. The number of nitrogens with one attached hydrogen (secondary N) is 8. The molecule has 26 nitrogen and oxygen atoms in total. The molecule has 8 saturated carbocycles. The predicted molar refractivity (Wildman–Crippen MR) is 384 cm³/mol. The average Bonchev–Trinajstić information content (AvgIpc) is 0.751. The summed E-state index contributed by atoms with van der Waals surface area (Å²) in [5, 5.41) is 108. The fourth-order valence-electron chi connectivity index (χ4n) is 19.4. The molecule has 28 heteroatoms. The lowest BCUT2D eigenvalue weighted by Crippen LogP contribution is -2.59. The second-order valence-electron chi connectivity index (χ2n) is 30.8. The number of fused-ring (bicyclic) bond motifs is 14. The van der Waals surface area contributed by atoms with Crippen LogP contribution in [0.1, 0.15) is 145 Å². The molecule has 0 radical (unpaired) electrons. The van der Waals surface area contributed by atoms with Crippen LogP contribution in [0.15, 0.2) is 109 Å². The summed E-state index contributed by atoms with van der Waals surface area (Å²) in [5.74, 6) is -9.42. The molecule has 8 fully saturated rings. The van der Waals surface area contributed by atoms with Gasteiger partial charge in [-0.05, 0) is 229 Å². The molecule has 0 unspecified atom stereocenters. The van der Waals surface area contributed by atoms with Gasteiger partial charge in [-0.2, -0.15) is 0 Å². The summed E-state index contributed by atoms with van der Waals surface area (Å²) in [6.45, 7) is -0.0783. The molecule has 8 atom stereocenters. The van der Waals surface area contributed by atoms with E-state index in [1.165, 1.54) is 91.3 Å². The molecule has 0 aromatic heterocycles. The number of hydrogen-bond donors (Lipinski definition) is 16. The third-order valence-electron chi connectivity index (χ3n) is 24.0. The smallest absolute Gasteiger partial charge is 0.248 e. The number of aliphatic hydroxyl groups is 1. The van der Waals surface area contributed by atoms with E-state index in [0.717, 1.165) is 82.1 Å². The van der Waals surface area contributed by atoms with Crippen molar-refractivity contribution in [2.45, 2.75) is 138 Å². The maximum Gasteiger partial charge on any atom is 0.248 e. The molecule has 25 bridgehead atoms. The number of rotatable bonds is 5. The predicted octanol–water partition coefficient (Wildman–Crippen LogP) is 8.76. The molecular formula is C79H77Cl2N9O17. The Morgan fingerprint density at radius 2 is 1.03 bits per heavy atom. The van der Waals surface area contributed by atoms with Crippen molar-refractivity contribution in [3.8, 4) is 80.1 Å². The Balaban J connectivity index is 0.832. The summed E-state index contributed by atoms with van der Waals surface area (Å²) in [4.78, 5) is 109. The number of ether oxygens (including phenoxy) is 3. The second kappa shape index (κ2) is 27.1. The number of carbonyl (C=O) groups is 7. The molecule has 7 aromatic rings. The van der Waals surface area contributed by atoms with E-state index in [1.54, 1.807) is 0 Å². The monoisotopic (exact) mass is 1490 g/mol. The molecule has 554 valence electrons. The van der Waals surface area contributed by atoms with E-state index in [1.807, 2.05) is 0 Å². The Bertz CT molecular complexity index is 4870. The minimum absolute atomic E-state index is 0.00838. The number of phenolic OH excluding ortho intramolecular Hbond substituents is 6. The van der Waals surface area contributed by atoms with Crippen LogP contribution in [-0.2, 0) is 46.5 Å². The summed E-state index contributed by atoms with van der Waals surface area (Å²) < 4.78 is 18.8. The molecule has 0 saturated heterocycles. The Morgan fingerprint density at radius 3 is 1.66 bits per heavy atom. The van der Waals surface area contributed by atoms with E-state index >= 15 is 28.8 Å². The maximum atomic E-state index is 16.3. The van der Waals surface area contributed by atoms with E-state index in [4.69, 9.17) is 43.1 Å². The quantitative estimate of drug-likeness (QED) is 0.0765. The highest BCUT2D eigenvalue weighted by Gasteiger charge is 2.51. The molecule has 7 aromatic carbocycles. The molecule has 6 aliphatic heterocycles. The number of carbonyl (C=O) groups excluding carboxylic acids is 7. The van der Waals surface area contributed by atoms with Crippen molar-refractivity contribution >= 4 is 64.6 Å². The molecule has 21 rings (SSSR count). The zero-order valence-corrected chi connectivity index (χ0v) is 58.8. The normalized spacial score (nSPS) is 30.2. The van der Waals surface area contributed by atoms with Crippen LogP contribution >= 0.6 is 23.2 Å². The number of aliphatic hydroxyl groups excluding tert-OH is 1. The first-order valence-corrected chi connectivity index (χ1v) is 37.0. The topological polar surface area (TPSA) is 411 Å². The Morgan fingerprint density at radius 1 is 0.477 bits per heavy atom. The largest absolute Gasteiger partial charge is 0.508 e. The molecule has 107 heavy (non-hydrogen) atoms. The Labute approximate surface area is 622 Å². The van der Waals surface area contributed by atoms with E-state index < -0.39 is 136 Å². The van der Waals surface area contributed by atoms with Gasteiger partial charge >= 0.3 is 0 Å². The van der Waals surface area contributed by atoms with E-state index in [2.05, 4.69) is 42.5 Å². The van der Waals surface area contributed by atoms with Crippen molar-refractivity contribution in [2.75, 3.05) is 0 Å². The fourth-order valence-corrected chi connectivity index (χ4v) is 19.8. The third kappa shape index (κ3) is 12.9. The standard InChI is InChI=1S/C79H77Cl2N9O17/c80-50-19-31-1-7-56(50)106-59-26-44-27-60(72(59)97)107-57-8-4-38(24-51(57)81)70(95)69-79(104)89-68(78(103)85-64-41-15-34-10-35(17-41)18-42(64)16-34)48-29-55(94)49(30-83-63-39-11-32-9-33(13-39)14-40(63)12-32)71(96)61(48)47-23-37(3-5-53(47)92)65(75(100)90-69)87-77(102)67(44)88-76(101)66-43-21-45(91)28-46(22-43)105-58-25-36(2-6-54(58)93)62(82)74(99)84-52(20-31)73(98)86-66/h1-8,19,21-29,32-35,39-42,52,62-70,83,91-97H,9-18,20,30,82H2,(H,84,99)(H,85,103)(H,86,98)(H,87,102)(H,88,101)(H,89,104)(H,90,100)/t32?,33?,34?,35?,39?,40?,41?,42?,52-,62-,63?,64?,65-,66+,67-,68+,69+,70-/m1/s1. The van der Waals surface area contributed by atoms with Crippen LogP contribution in [0, 0.1) is 47.3 Å². The summed E-state index contributed by atoms with van der Waals surface area (Å²) in [7, 11) is 0. The molecule has 14 aliphatic rings. The van der Waals surface area contributed by atoms with Gasteiger partial charge in [-0.1, -0.05) is 47.5 Å². The highest BCUT2D eigenvalue weighted by atomic mass is 35.5. The summed E-state index contributed by atoms with van der Waals surface area (Å²) in [6.07, 6.45) is 7.62. The van der Waals surface area contributed by atoms with Crippen molar-refractivity contribution in [1.29, 1.82) is 0 Å². The van der Waals surface area contributed by atoms with Gasteiger partial charge in [0.1, 0.15) is 88.6 Å². The lowest BCUT2D eigenvalue weighted by atomic mass is 9.54. The van der Waals surface area contributed by atoms with E-state index in [0.29, 0.717) is 41.1 Å². The number of phenols is 6. The van der Waals surface area contributed by atoms with Crippen molar-refractivity contribution in [2.24, 2.45) is 53.1 Å². The van der Waals surface area contributed by atoms with Gasteiger partial charge in [0, 0.05) is 42.2 Å². The van der Waals surface area contributed by atoms with E-state index in [-0.39, 0.29) is 120 Å². The van der Waals surface area contributed by atoms with Crippen molar-refractivity contribution in [1.82, 2.24) is 42.5 Å². The Kier molecular flexibility index (Phi) is 17.6. The summed E-state index contributed by atoms with van der Waals surface area (Å²) in [6, 6.07) is 9.18. The van der Waals surface area contributed by atoms with Gasteiger partial charge < -0.3 is 98.2 Å². The summed E-state index contributed by atoms with van der Waals surface area (Å²) >= 11 is 14.1. The lowest BCUT2D eigenvalue weighted by Gasteiger charge is -2.54. The van der Waals surface area contributed by atoms with Crippen LogP contribution in [0.3, 0.4) is 0 Å². The first-order chi connectivity index (χ1) is 51.4. The summed E-state index contributed by atoms with van der Waals surface area (Å²) in [5.41, 5.74) is 5.51. The molecular weight excluding hydrogens is 1420 g/mol. The van der Waals surface area contributed by atoms with Gasteiger partial charge in [-0.3, -0.25) is 33.6 Å². The first-order valence-electron chi connectivity index (χ1n) is 36.2. The van der Waals surface area contributed by atoms with Crippen molar-refractivity contribution in [3.63, 3.8) is 0 Å². The maximum absolute atomic E-state index is 16.3. The average molecular weight is 1500 g/mol. The molecule has 7 amide bonds. The fraction of sp³-hybridized carbons (Fsp3) is 0.380. The number of halogens is 2. The molecule has 0 spiro atoms. The van der Waals surface area contributed by atoms with Crippen molar-refractivity contribution < 1.29 is 83.5 Å². The van der Waals surface area contributed by atoms with Crippen LogP contribution in [0.2, 0.25) is 10.0 Å². The van der Waals surface area contributed by atoms with Gasteiger partial charge in [-0.15, -0.1) is 0 Å². The molecule has 6 heterocycles. The highest BCUT2D eigenvalue weighted by Crippen LogP contribution is 2.57. The van der Waals surface area contributed by atoms with Crippen LogP contribution in [0.4, 0.5) is 0 Å². The number of aromatic hydroxyl groups is 6. The molecule has 17 N–H and O–H groups in total. The van der Waals surface area contributed by atoms with Crippen LogP contribution in [0.25, 0.3) is 11.1 Å². The second-order valence-corrected chi connectivity index (χ2v) is 31.6. The number of benzene rings is 7. The SMILES string of the molecule is N[C@H]1C(=O)N[C@@H]2Cc3ccc(c(Cl)c3)Oc3cc4cc(c3O)Oc3ccc(cc3Cl)[C@@H](O)[C@@H]3NC(=O)[C@H](NC(=O)[C@@H]4NC(=O)[C@@H](NC2=O)c2cc(O)cc(c2)Oc2cc1ccc2O)c1ccc(O)c(c1)-c1c(cc(O)c(CNC2C4CC5CC(C4)CC2C5)c1O)[C@@H](C(=O)NC1C2CC4CC(C2)CC1C4)NC3=O. The number of hydrogen-bond acceptors (Lipinski definition) is 19. The third-order valence-corrected chi connectivity index (χ3v) is 24.6. The minimum Gasteiger partial charge on any atom is -0.508 e. The van der Waals surface area contributed by atoms with Gasteiger partial charge in [0.2, 0.25) is 47.1 Å². The lowest BCUT2D eigenvalue weighted by molar-refractivity contribution is -0.137.